The molecule has 0 aliphatic heterocycles. The van der Waals surface area contributed by atoms with E-state index < -0.39 is 0 Å². The van der Waals surface area contributed by atoms with Gasteiger partial charge in [-0.15, -0.1) is 24.0 Å². The summed E-state index contributed by atoms with van der Waals surface area (Å²) >= 11 is 0. The second-order valence-corrected chi connectivity index (χ2v) is 8.00. The van der Waals surface area contributed by atoms with Crippen LogP contribution in [0.2, 0.25) is 0 Å². The second-order valence-electron chi connectivity index (χ2n) is 8.00. The van der Waals surface area contributed by atoms with E-state index in [1.54, 1.807) is 16.7 Å². The van der Waals surface area contributed by atoms with E-state index in [0.29, 0.717) is 6.54 Å². The Bertz CT molecular complexity index is 828. The number of halogens is 1. The lowest BCUT2D eigenvalue weighted by atomic mass is 9.84. The van der Waals surface area contributed by atoms with Crippen LogP contribution in [0, 0.1) is 0 Å². The van der Waals surface area contributed by atoms with E-state index >= 15 is 0 Å². The fourth-order valence-electron chi connectivity index (χ4n) is 3.16. The van der Waals surface area contributed by atoms with Gasteiger partial charge < -0.3 is 15.2 Å². The minimum absolute atomic E-state index is 0. The maximum atomic E-state index is 11.7. The maximum absolute atomic E-state index is 11.7. The molecule has 0 saturated carbocycles. The van der Waals surface area contributed by atoms with Crippen LogP contribution >= 0.6 is 24.0 Å². The second kappa shape index (κ2) is 13.5. The van der Waals surface area contributed by atoms with Crippen molar-refractivity contribution in [2.24, 2.45) is 4.99 Å². The largest absolute Gasteiger partial charge is 0.357 e. The van der Waals surface area contributed by atoms with Crippen molar-refractivity contribution in [3.05, 3.63) is 70.1 Å². The SMILES string of the molecule is CCNC(=NCC(C)(C)c1ccc(CC)cc1)NCCCCn1ccccc1=O.I. The minimum atomic E-state index is -0.0247. The molecule has 0 bridgehead atoms. The zero-order valence-corrected chi connectivity index (χ0v) is 21.1. The molecule has 1 aromatic carbocycles. The molecule has 0 aliphatic carbocycles. The first-order valence-electron chi connectivity index (χ1n) is 10.7. The molecule has 0 aliphatic rings. The van der Waals surface area contributed by atoms with Crippen molar-refractivity contribution in [1.82, 2.24) is 15.2 Å². The van der Waals surface area contributed by atoms with Gasteiger partial charge in [0.25, 0.3) is 0 Å². The third-order valence-corrected chi connectivity index (χ3v) is 5.14. The van der Waals surface area contributed by atoms with Gasteiger partial charge in [-0.05, 0) is 43.4 Å². The van der Waals surface area contributed by atoms with E-state index in [0.717, 1.165) is 44.9 Å². The fourth-order valence-corrected chi connectivity index (χ4v) is 3.16. The summed E-state index contributed by atoms with van der Waals surface area (Å²) in [5, 5.41) is 6.74. The first-order chi connectivity index (χ1) is 14.0. The molecule has 166 valence electrons. The molecule has 2 aromatic rings. The molecule has 0 radical (unpaired) electrons. The number of aryl methyl sites for hydroxylation is 2. The first-order valence-corrected chi connectivity index (χ1v) is 10.7. The van der Waals surface area contributed by atoms with Crippen molar-refractivity contribution in [2.75, 3.05) is 19.6 Å². The van der Waals surface area contributed by atoms with Crippen molar-refractivity contribution in [2.45, 2.75) is 58.9 Å². The summed E-state index contributed by atoms with van der Waals surface area (Å²) in [6.45, 7) is 11.8. The Morgan fingerprint density at radius 2 is 1.77 bits per heavy atom. The Hall–Kier alpha value is -1.83. The average molecular weight is 524 g/mol. The molecule has 0 atom stereocenters. The lowest BCUT2D eigenvalue weighted by molar-refractivity contribution is 0.536. The van der Waals surface area contributed by atoms with Crippen molar-refractivity contribution in [3.8, 4) is 0 Å². The molecule has 5 nitrogen and oxygen atoms in total. The zero-order valence-electron chi connectivity index (χ0n) is 18.8. The van der Waals surface area contributed by atoms with Gasteiger partial charge >= 0.3 is 0 Å². The molecule has 0 amide bonds. The highest BCUT2D eigenvalue weighted by Gasteiger charge is 2.20. The van der Waals surface area contributed by atoms with Crippen LogP contribution in [-0.4, -0.2) is 30.2 Å². The van der Waals surface area contributed by atoms with E-state index in [1.165, 1.54) is 11.1 Å². The number of rotatable bonds is 10. The van der Waals surface area contributed by atoms with Gasteiger partial charge in [-0.25, -0.2) is 0 Å². The summed E-state index contributed by atoms with van der Waals surface area (Å²) in [6, 6.07) is 14.1. The quantitative estimate of drug-likeness (QED) is 0.211. The van der Waals surface area contributed by atoms with E-state index in [1.807, 2.05) is 12.3 Å². The number of aromatic nitrogens is 1. The van der Waals surface area contributed by atoms with Gasteiger partial charge in [-0.3, -0.25) is 9.79 Å². The topological polar surface area (TPSA) is 58.4 Å². The molecule has 0 unspecified atom stereocenters. The molecule has 6 heteroatoms. The van der Waals surface area contributed by atoms with Crippen LogP contribution in [0.3, 0.4) is 0 Å². The normalized spacial score (nSPS) is 11.7. The molecule has 1 aromatic heterocycles. The number of benzene rings is 1. The third-order valence-electron chi connectivity index (χ3n) is 5.14. The van der Waals surface area contributed by atoms with Gasteiger partial charge in [0.15, 0.2) is 5.96 Å². The Balaban J connectivity index is 0.00000450. The predicted molar refractivity (Wildman–Crippen MR) is 138 cm³/mol. The van der Waals surface area contributed by atoms with Gasteiger partial charge in [-0.2, -0.15) is 0 Å². The molecule has 2 rings (SSSR count). The van der Waals surface area contributed by atoms with E-state index in [2.05, 4.69) is 62.6 Å². The first kappa shape index (κ1) is 26.2. The fraction of sp³-hybridized carbons (Fsp3) is 0.500. The predicted octanol–water partition coefficient (Wildman–Crippen LogP) is 4.34. The number of hydrogen-bond acceptors (Lipinski definition) is 2. The number of pyridine rings is 1. The van der Waals surface area contributed by atoms with Gasteiger partial charge in [0, 0.05) is 37.3 Å². The number of nitrogens with zero attached hydrogens (tertiary/aromatic N) is 2. The molecule has 30 heavy (non-hydrogen) atoms. The average Bonchev–Trinajstić information content (AvgIpc) is 2.73. The highest BCUT2D eigenvalue weighted by Crippen LogP contribution is 2.24. The van der Waals surface area contributed by atoms with Crippen LogP contribution in [0.5, 0.6) is 0 Å². The van der Waals surface area contributed by atoms with Crippen LogP contribution in [-0.2, 0) is 18.4 Å². The monoisotopic (exact) mass is 524 g/mol. The van der Waals surface area contributed by atoms with E-state index in [4.69, 9.17) is 4.99 Å². The molecular formula is C24H37IN4O. The van der Waals surface area contributed by atoms with E-state index in [9.17, 15) is 4.79 Å². The summed E-state index contributed by atoms with van der Waals surface area (Å²) in [7, 11) is 0. The van der Waals surface area contributed by atoms with Crippen LogP contribution in [0.15, 0.2) is 58.4 Å². The summed E-state index contributed by atoms with van der Waals surface area (Å²) in [4.78, 5) is 16.5. The molecule has 2 N–H and O–H groups in total. The van der Waals surface area contributed by atoms with E-state index in [-0.39, 0.29) is 35.0 Å². The highest BCUT2D eigenvalue weighted by molar-refractivity contribution is 14.0. The standard InChI is InChI=1S/C24H36N4O.HI/c1-5-20-12-14-21(15-13-20)24(3,4)19-27-23(25-6-2)26-16-8-10-18-28-17-9-7-11-22(28)29;/h7,9,11-15,17H,5-6,8,10,16,18-19H2,1-4H3,(H2,25,26,27);1H. The van der Waals surface area contributed by atoms with Crippen LogP contribution in [0.4, 0.5) is 0 Å². The Morgan fingerprint density at radius 1 is 1.03 bits per heavy atom. The van der Waals surface area contributed by atoms with Crippen LogP contribution in [0.1, 0.15) is 51.7 Å². The van der Waals surface area contributed by atoms with Gasteiger partial charge in [0.05, 0.1) is 6.54 Å². The molecular weight excluding hydrogens is 487 g/mol. The van der Waals surface area contributed by atoms with Crippen LogP contribution in [0.25, 0.3) is 0 Å². The molecule has 0 fully saturated rings. The number of hydrogen-bond donors (Lipinski definition) is 2. The summed E-state index contributed by atoms with van der Waals surface area (Å²) in [6.07, 6.45) is 4.84. The highest BCUT2D eigenvalue weighted by atomic mass is 127. The van der Waals surface area contributed by atoms with Gasteiger partial charge in [0.2, 0.25) is 5.56 Å². The smallest absolute Gasteiger partial charge is 0.250 e. The van der Waals surface area contributed by atoms with Crippen LogP contribution < -0.4 is 16.2 Å². The third kappa shape index (κ3) is 8.50. The minimum Gasteiger partial charge on any atom is -0.357 e. The number of nitrogens with one attached hydrogen (secondary N) is 2. The number of aliphatic imine (C=N–C) groups is 1. The maximum Gasteiger partial charge on any atom is 0.250 e. The summed E-state index contributed by atoms with van der Waals surface area (Å²) < 4.78 is 1.76. The van der Waals surface area contributed by atoms with Crippen molar-refractivity contribution >= 4 is 29.9 Å². The summed E-state index contributed by atoms with van der Waals surface area (Å²) in [5.74, 6) is 0.850. The van der Waals surface area contributed by atoms with Gasteiger partial charge in [0.1, 0.15) is 0 Å². The van der Waals surface area contributed by atoms with Gasteiger partial charge in [-0.1, -0.05) is 51.1 Å². The number of unbranched alkanes of at least 4 members (excludes halogenated alkanes) is 1. The zero-order chi connectivity index (χ0) is 21.1. The Morgan fingerprint density at radius 3 is 2.40 bits per heavy atom. The molecule has 0 spiro atoms. The lowest BCUT2D eigenvalue weighted by Gasteiger charge is -2.24. The van der Waals surface area contributed by atoms with Crippen molar-refractivity contribution in [3.63, 3.8) is 0 Å². The molecule has 0 saturated heterocycles. The Labute approximate surface area is 198 Å². The number of guanidine groups is 1. The lowest BCUT2D eigenvalue weighted by Crippen LogP contribution is -2.39. The Kier molecular flexibility index (Phi) is 11.8. The van der Waals surface area contributed by atoms with Crippen molar-refractivity contribution < 1.29 is 0 Å². The van der Waals surface area contributed by atoms with Crippen molar-refractivity contribution in [1.29, 1.82) is 0 Å². The molecule has 1 heterocycles. The summed E-state index contributed by atoms with van der Waals surface area (Å²) in [5.41, 5.74) is 2.70.